The molecular weight excluding hydrogens is 344 g/mol. The van der Waals surface area contributed by atoms with Gasteiger partial charge >= 0.3 is 6.29 Å². The molecule has 0 bridgehead atoms. The quantitative estimate of drug-likeness (QED) is 0.752. The van der Waals surface area contributed by atoms with Gasteiger partial charge in [-0.15, -0.1) is 8.78 Å². The first-order chi connectivity index (χ1) is 12.6. The molecule has 2 aliphatic heterocycles. The van der Waals surface area contributed by atoms with E-state index in [0.717, 1.165) is 36.5 Å². The number of aromatic nitrogens is 4. The monoisotopic (exact) mass is 359 g/mol. The van der Waals surface area contributed by atoms with Crippen molar-refractivity contribution in [2.24, 2.45) is 0 Å². The van der Waals surface area contributed by atoms with Crippen LogP contribution >= 0.6 is 0 Å². The third-order valence-electron chi connectivity index (χ3n) is 4.65. The normalized spacial score (nSPS) is 18.1. The minimum Gasteiger partial charge on any atom is -0.395 e. The molecule has 0 saturated heterocycles. The Balaban J connectivity index is 1.49. The van der Waals surface area contributed by atoms with Crippen molar-refractivity contribution in [2.75, 3.05) is 6.54 Å². The smallest absolute Gasteiger partial charge is 0.395 e. The number of hydrogen-bond donors (Lipinski definition) is 2. The molecule has 3 aromatic rings. The minimum absolute atomic E-state index is 0.0226. The van der Waals surface area contributed by atoms with Gasteiger partial charge in [0.1, 0.15) is 5.69 Å². The molecular formula is C17H15F2N5O2. The zero-order chi connectivity index (χ0) is 17.7. The first-order valence-corrected chi connectivity index (χ1v) is 8.24. The van der Waals surface area contributed by atoms with Crippen LogP contribution in [0, 0.1) is 0 Å². The maximum atomic E-state index is 13.5. The summed E-state index contributed by atoms with van der Waals surface area (Å²) in [4.78, 5) is 9.39. The van der Waals surface area contributed by atoms with Crippen molar-refractivity contribution >= 4 is 0 Å². The second-order valence-electron chi connectivity index (χ2n) is 6.37. The van der Waals surface area contributed by atoms with E-state index in [1.54, 1.807) is 24.7 Å². The minimum atomic E-state index is -3.65. The van der Waals surface area contributed by atoms with Crippen molar-refractivity contribution < 1.29 is 18.3 Å². The highest BCUT2D eigenvalue weighted by molar-refractivity contribution is 5.74. The molecule has 134 valence electrons. The molecule has 5 rings (SSSR count). The number of ether oxygens (including phenoxy) is 2. The molecule has 26 heavy (non-hydrogen) atoms. The second kappa shape index (κ2) is 5.53. The van der Waals surface area contributed by atoms with Gasteiger partial charge in [-0.25, -0.2) is 4.98 Å². The Morgan fingerprint density at radius 2 is 2.19 bits per heavy atom. The number of benzene rings is 1. The topological polar surface area (TPSA) is 79.1 Å². The molecule has 2 aromatic heterocycles. The largest absolute Gasteiger partial charge is 0.586 e. The van der Waals surface area contributed by atoms with Gasteiger partial charge in [0.2, 0.25) is 0 Å². The van der Waals surface area contributed by atoms with Crippen molar-refractivity contribution in [3.8, 4) is 22.8 Å². The van der Waals surface area contributed by atoms with Gasteiger partial charge in [0.25, 0.3) is 0 Å². The fraction of sp³-hybridized carbons (Fsp3) is 0.294. The lowest BCUT2D eigenvalue weighted by atomic mass is 10.00. The zero-order valence-corrected chi connectivity index (χ0v) is 13.6. The predicted octanol–water partition coefficient (Wildman–Crippen LogP) is 2.68. The van der Waals surface area contributed by atoms with Crippen LogP contribution in [0.15, 0.2) is 30.7 Å². The first-order valence-electron chi connectivity index (χ1n) is 8.24. The molecule has 4 heterocycles. The first kappa shape index (κ1) is 15.3. The summed E-state index contributed by atoms with van der Waals surface area (Å²) < 4.78 is 36.2. The average molecular weight is 359 g/mol. The number of H-pyrrole nitrogens is 2. The van der Waals surface area contributed by atoms with Crippen LogP contribution in [0.1, 0.15) is 17.0 Å². The summed E-state index contributed by atoms with van der Waals surface area (Å²) in [6, 6.07) is 4.84. The molecule has 0 aliphatic carbocycles. The SMILES string of the molecule is FC1(F)Oc2cccc(-c3n[nH]c4c3CN(Cc3cnc[nH]3)CC4)c2O1. The van der Waals surface area contributed by atoms with E-state index in [0.29, 0.717) is 17.8 Å². The van der Waals surface area contributed by atoms with E-state index >= 15 is 0 Å². The highest BCUT2D eigenvalue weighted by Crippen LogP contribution is 2.47. The number of para-hydroxylation sites is 1. The summed E-state index contributed by atoms with van der Waals surface area (Å²) in [6.45, 7) is 2.26. The van der Waals surface area contributed by atoms with Crippen molar-refractivity contribution in [1.29, 1.82) is 0 Å². The molecule has 9 heteroatoms. The van der Waals surface area contributed by atoms with E-state index in [1.165, 1.54) is 6.07 Å². The number of hydrogen-bond acceptors (Lipinski definition) is 5. The van der Waals surface area contributed by atoms with Crippen LogP contribution in [0.25, 0.3) is 11.3 Å². The van der Waals surface area contributed by atoms with Crippen molar-refractivity contribution in [2.45, 2.75) is 25.8 Å². The Morgan fingerprint density at radius 3 is 3.04 bits per heavy atom. The second-order valence-corrected chi connectivity index (χ2v) is 6.37. The summed E-state index contributed by atoms with van der Waals surface area (Å²) >= 11 is 0. The summed E-state index contributed by atoms with van der Waals surface area (Å²) in [7, 11) is 0. The van der Waals surface area contributed by atoms with Crippen molar-refractivity contribution in [1.82, 2.24) is 25.1 Å². The molecule has 0 atom stereocenters. The summed E-state index contributed by atoms with van der Waals surface area (Å²) in [5.41, 5.74) is 4.15. The maximum absolute atomic E-state index is 13.5. The number of alkyl halides is 2. The van der Waals surface area contributed by atoms with E-state index in [9.17, 15) is 8.78 Å². The Hall–Kier alpha value is -2.94. The Kier molecular flexibility index (Phi) is 3.26. The van der Waals surface area contributed by atoms with Gasteiger partial charge in [-0.3, -0.25) is 10.00 Å². The number of halogens is 2. The average Bonchev–Trinajstić information content (AvgIpc) is 3.31. The standard InChI is InChI=1S/C17H15F2N5O2/c18-17(19)25-14-3-1-2-11(16(14)26-17)15-12-8-24(5-4-13(12)22-23-15)7-10-6-20-9-21-10/h1-3,6,9H,4-5,7-8H2,(H,20,21)(H,22,23). The van der Waals surface area contributed by atoms with Crippen molar-refractivity contribution in [3.05, 3.63) is 47.7 Å². The molecule has 0 spiro atoms. The van der Waals surface area contributed by atoms with Crippen molar-refractivity contribution in [3.63, 3.8) is 0 Å². The van der Waals surface area contributed by atoms with E-state index in [1.807, 2.05) is 0 Å². The molecule has 2 N–H and O–H groups in total. The lowest BCUT2D eigenvalue weighted by Gasteiger charge is -2.26. The van der Waals surface area contributed by atoms with Gasteiger partial charge in [0, 0.05) is 54.8 Å². The van der Waals surface area contributed by atoms with Gasteiger partial charge < -0.3 is 14.5 Å². The Morgan fingerprint density at radius 1 is 1.27 bits per heavy atom. The Bertz CT molecular complexity index is 954. The predicted molar refractivity (Wildman–Crippen MR) is 86.6 cm³/mol. The van der Waals surface area contributed by atoms with Gasteiger partial charge in [0.05, 0.1) is 6.33 Å². The fourth-order valence-electron chi connectivity index (χ4n) is 3.48. The summed E-state index contributed by atoms with van der Waals surface area (Å²) in [6.07, 6.45) is 0.600. The molecule has 1 aromatic carbocycles. The lowest BCUT2D eigenvalue weighted by Crippen LogP contribution is -2.30. The van der Waals surface area contributed by atoms with E-state index < -0.39 is 6.29 Å². The number of imidazole rings is 1. The number of aromatic amines is 2. The van der Waals surface area contributed by atoms with Crippen LogP contribution < -0.4 is 9.47 Å². The summed E-state index contributed by atoms with van der Waals surface area (Å²) in [5, 5.41) is 7.41. The fourth-order valence-corrected chi connectivity index (χ4v) is 3.48. The lowest BCUT2D eigenvalue weighted by molar-refractivity contribution is -0.286. The molecule has 0 amide bonds. The van der Waals surface area contributed by atoms with Crippen LogP contribution in [0.4, 0.5) is 8.78 Å². The number of rotatable bonds is 3. The highest BCUT2D eigenvalue weighted by atomic mass is 19.3. The molecule has 0 radical (unpaired) electrons. The zero-order valence-electron chi connectivity index (χ0n) is 13.6. The maximum Gasteiger partial charge on any atom is 0.586 e. The number of nitrogens with zero attached hydrogens (tertiary/aromatic N) is 3. The summed E-state index contributed by atoms with van der Waals surface area (Å²) in [5.74, 6) is 0.0480. The van der Waals surface area contributed by atoms with Crippen LogP contribution in [0.5, 0.6) is 11.5 Å². The van der Waals surface area contributed by atoms with Gasteiger partial charge in [-0.1, -0.05) is 6.07 Å². The van der Waals surface area contributed by atoms with Gasteiger partial charge in [-0.2, -0.15) is 5.10 Å². The molecule has 0 fully saturated rings. The van der Waals surface area contributed by atoms with E-state index in [-0.39, 0.29) is 11.5 Å². The molecule has 0 unspecified atom stereocenters. The highest BCUT2D eigenvalue weighted by Gasteiger charge is 2.45. The van der Waals surface area contributed by atoms with Crippen LogP contribution in [0.3, 0.4) is 0 Å². The van der Waals surface area contributed by atoms with Crippen LogP contribution in [0.2, 0.25) is 0 Å². The molecule has 2 aliphatic rings. The molecule has 0 saturated carbocycles. The van der Waals surface area contributed by atoms with E-state index in [4.69, 9.17) is 4.74 Å². The molecule has 7 nitrogen and oxygen atoms in total. The number of nitrogens with one attached hydrogen (secondary N) is 2. The van der Waals surface area contributed by atoms with Gasteiger partial charge in [0.15, 0.2) is 11.5 Å². The van der Waals surface area contributed by atoms with Gasteiger partial charge in [-0.05, 0) is 12.1 Å². The third kappa shape index (κ3) is 2.51. The van der Waals surface area contributed by atoms with Crippen LogP contribution in [-0.4, -0.2) is 37.9 Å². The van der Waals surface area contributed by atoms with Crippen LogP contribution in [-0.2, 0) is 19.5 Å². The Labute approximate surface area is 147 Å². The third-order valence-corrected chi connectivity index (χ3v) is 4.65. The van der Waals surface area contributed by atoms with E-state index in [2.05, 4.69) is 29.8 Å². The number of fused-ring (bicyclic) bond motifs is 2.